The molecule has 0 fully saturated rings. The number of hydrogen-bond acceptors (Lipinski definition) is 1. The Balaban J connectivity index is 0.00000277. The molecule has 2 nitrogen and oxygen atoms in total. The van der Waals surface area contributed by atoms with E-state index in [1.165, 1.54) is 11.4 Å². The maximum Gasteiger partial charge on any atom is 0.460 e. The van der Waals surface area contributed by atoms with Crippen molar-refractivity contribution in [3.8, 4) is 0 Å². The van der Waals surface area contributed by atoms with Crippen LogP contribution in [0.4, 0.5) is 36.4 Å². The van der Waals surface area contributed by atoms with E-state index in [9.17, 15) is 35.5 Å². The van der Waals surface area contributed by atoms with Crippen LogP contribution < -0.4 is 5.32 Å². The van der Waals surface area contributed by atoms with Crippen molar-refractivity contribution in [3.05, 3.63) is 27.2 Å². The predicted molar refractivity (Wildman–Crippen MR) is 84.5 cm³/mol. The molecule has 0 aromatic heterocycles. The SMILES string of the molecule is CC.CCc1cc(Br)c(Cl)cc1NC(=O)C(F)(F)C(F)(F)C(F)(F)F. The molecule has 25 heavy (non-hydrogen) atoms. The number of aryl methyl sites for hydroxylation is 1. The molecule has 0 spiro atoms. The van der Waals surface area contributed by atoms with Crippen molar-refractivity contribution in [2.24, 2.45) is 0 Å². The van der Waals surface area contributed by atoms with Crippen LogP contribution in [0.2, 0.25) is 5.02 Å². The van der Waals surface area contributed by atoms with Gasteiger partial charge < -0.3 is 5.32 Å². The van der Waals surface area contributed by atoms with Crippen LogP contribution in [0.25, 0.3) is 0 Å². The van der Waals surface area contributed by atoms with Crippen LogP contribution >= 0.6 is 27.5 Å². The first-order chi connectivity index (χ1) is 11.3. The minimum absolute atomic E-state index is 0.0524. The zero-order chi connectivity index (χ0) is 20.2. The topological polar surface area (TPSA) is 29.1 Å². The van der Waals surface area contributed by atoms with Gasteiger partial charge in [-0.25, -0.2) is 0 Å². The molecule has 1 aromatic rings. The van der Waals surface area contributed by atoms with Gasteiger partial charge in [-0.3, -0.25) is 4.79 Å². The predicted octanol–water partition coefficient (Wildman–Crippen LogP) is 6.46. The van der Waals surface area contributed by atoms with E-state index in [1.54, 1.807) is 6.92 Å². The minimum atomic E-state index is -6.58. The number of benzene rings is 1. The molecule has 0 unspecified atom stereocenters. The van der Waals surface area contributed by atoms with Crippen molar-refractivity contribution >= 4 is 39.1 Å². The number of alkyl halides is 7. The maximum atomic E-state index is 13.3. The summed E-state index contributed by atoms with van der Waals surface area (Å²) in [6.45, 7) is 5.55. The molecular formula is C14H14BrClF7NO. The second-order valence-corrected chi connectivity index (χ2v) is 5.64. The zero-order valence-electron chi connectivity index (χ0n) is 13.2. The molecule has 144 valence electrons. The van der Waals surface area contributed by atoms with Gasteiger partial charge in [0.2, 0.25) is 0 Å². The van der Waals surface area contributed by atoms with Gasteiger partial charge in [-0.1, -0.05) is 32.4 Å². The summed E-state index contributed by atoms with van der Waals surface area (Å²) in [7, 11) is 0. The third-order valence-electron chi connectivity index (χ3n) is 2.81. The summed E-state index contributed by atoms with van der Waals surface area (Å²) in [5.74, 6) is -15.3. The van der Waals surface area contributed by atoms with Crippen LogP contribution in [0.5, 0.6) is 0 Å². The second kappa shape index (κ2) is 8.57. The third kappa shape index (κ3) is 4.99. The number of halogens is 9. The molecule has 0 aliphatic heterocycles. The largest absolute Gasteiger partial charge is 0.460 e. The lowest BCUT2D eigenvalue weighted by Crippen LogP contribution is -2.57. The molecule has 1 amide bonds. The third-order valence-corrected chi connectivity index (χ3v) is 4.01. The van der Waals surface area contributed by atoms with Crippen LogP contribution in [-0.4, -0.2) is 23.9 Å². The fourth-order valence-corrected chi connectivity index (χ4v) is 2.07. The Morgan fingerprint density at radius 3 is 2.00 bits per heavy atom. The van der Waals surface area contributed by atoms with Gasteiger partial charge in [-0.2, -0.15) is 30.7 Å². The van der Waals surface area contributed by atoms with Crippen molar-refractivity contribution in [2.45, 2.75) is 45.2 Å². The normalized spacial score (nSPS) is 12.3. The average Bonchev–Trinajstić information content (AvgIpc) is 2.51. The lowest BCUT2D eigenvalue weighted by Gasteiger charge is -2.27. The monoisotopic (exact) mass is 459 g/mol. The van der Waals surface area contributed by atoms with Crippen LogP contribution in [0.3, 0.4) is 0 Å². The van der Waals surface area contributed by atoms with Crippen LogP contribution in [-0.2, 0) is 11.2 Å². The molecule has 1 aromatic carbocycles. The average molecular weight is 461 g/mol. The molecule has 0 aliphatic rings. The van der Waals surface area contributed by atoms with Crippen molar-refractivity contribution in [3.63, 3.8) is 0 Å². The molecular weight excluding hydrogens is 447 g/mol. The fourth-order valence-electron chi connectivity index (χ4n) is 1.52. The smallest absolute Gasteiger partial charge is 0.320 e. The summed E-state index contributed by atoms with van der Waals surface area (Å²) in [5.41, 5.74) is -0.177. The van der Waals surface area contributed by atoms with Gasteiger partial charge in [0.05, 0.1) is 5.02 Å². The maximum absolute atomic E-state index is 13.3. The molecule has 0 atom stereocenters. The van der Waals surface area contributed by atoms with Crippen molar-refractivity contribution < 1.29 is 35.5 Å². The number of rotatable bonds is 4. The Labute approximate surface area is 152 Å². The quantitative estimate of drug-likeness (QED) is 0.513. The molecule has 11 heteroatoms. The first-order valence-electron chi connectivity index (χ1n) is 6.87. The van der Waals surface area contributed by atoms with Gasteiger partial charge in [-0.05, 0) is 40.0 Å². The summed E-state index contributed by atoms with van der Waals surface area (Å²) in [6.07, 6.45) is -6.41. The standard InChI is InChI=1S/C12H8BrClF7NO.C2H6/c1-2-5-3-6(13)7(14)4-8(5)22-9(23)10(15,16)11(17,18)12(19,20)21;1-2/h3-4H,2H2,1H3,(H,22,23);1-2H3. The Morgan fingerprint density at radius 1 is 1.12 bits per heavy atom. The van der Waals surface area contributed by atoms with E-state index in [1.807, 2.05) is 13.8 Å². The van der Waals surface area contributed by atoms with E-state index in [2.05, 4.69) is 15.9 Å². The second-order valence-electron chi connectivity index (χ2n) is 4.38. The summed E-state index contributed by atoms with van der Waals surface area (Å²) in [5, 5.41) is 1.32. The number of nitrogens with one attached hydrogen (secondary N) is 1. The zero-order valence-corrected chi connectivity index (χ0v) is 15.5. The Morgan fingerprint density at radius 2 is 1.60 bits per heavy atom. The molecule has 0 heterocycles. The highest BCUT2D eigenvalue weighted by atomic mass is 79.9. The highest BCUT2D eigenvalue weighted by Crippen LogP contribution is 2.47. The number of carbonyl (C=O) groups excluding carboxylic acids is 1. The van der Waals surface area contributed by atoms with Gasteiger partial charge in [0.15, 0.2) is 0 Å². The molecule has 0 saturated heterocycles. The summed E-state index contributed by atoms with van der Waals surface area (Å²) < 4.78 is 88.7. The van der Waals surface area contributed by atoms with Gasteiger partial charge in [-0.15, -0.1) is 0 Å². The number of amides is 1. The van der Waals surface area contributed by atoms with Gasteiger partial charge in [0, 0.05) is 10.2 Å². The number of hydrogen-bond donors (Lipinski definition) is 1. The molecule has 0 saturated carbocycles. The highest BCUT2D eigenvalue weighted by Gasteiger charge is 2.76. The van der Waals surface area contributed by atoms with Crippen LogP contribution in [0.1, 0.15) is 26.3 Å². The van der Waals surface area contributed by atoms with Crippen LogP contribution in [0.15, 0.2) is 16.6 Å². The molecule has 0 bridgehead atoms. The Bertz CT molecular complexity index is 620. The minimum Gasteiger partial charge on any atom is -0.320 e. The van der Waals surface area contributed by atoms with Crippen molar-refractivity contribution in [2.75, 3.05) is 5.32 Å². The first kappa shape index (κ1) is 24.0. The summed E-state index contributed by atoms with van der Waals surface area (Å²) >= 11 is 8.71. The molecule has 0 aliphatic carbocycles. The fraction of sp³-hybridized carbons (Fsp3) is 0.500. The van der Waals surface area contributed by atoms with Gasteiger partial charge in [0.1, 0.15) is 0 Å². The summed E-state index contributed by atoms with van der Waals surface area (Å²) in [6, 6.07) is 2.28. The van der Waals surface area contributed by atoms with E-state index in [0.717, 1.165) is 6.07 Å². The molecule has 1 rings (SSSR count). The van der Waals surface area contributed by atoms with Crippen molar-refractivity contribution in [1.82, 2.24) is 0 Å². The Kier molecular flexibility index (Phi) is 8.22. The lowest BCUT2D eigenvalue weighted by atomic mass is 10.1. The molecule has 1 N–H and O–H groups in total. The van der Waals surface area contributed by atoms with E-state index in [-0.39, 0.29) is 22.7 Å². The lowest BCUT2D eigenvalue weighted by molar-refractivity contribution is -0.343. The van der Waals surface area contributed by atoms with E-state index in [4.69, 9.17) is 11.6 Å². The van der Waals surface area contributed by atoms with Gasteiger partial charge >= 0.3 is 23.9 Å². The van der Waals surface area contributed by atoms with E-state index in [0.29, 0.717) is 4.47 Å². The van der Waals surface area contributed by atoms with Gasteiger partial charge in [0.25, 0.3) is 0 Å². The highest BCUT2D eigenvalue weighted by molar-refractivity contribution is 9.10. The van der Waals surface area contributed by atoms with E-state index < -0.39 is 23.9 Å². The first-order valence-corrected chi connectivity index (χ1v) is 8.04. The summed E-state index contributed by atoms with van der Waals surface area (Å²) in [4.78, 5) is 11.3. The van der Waals surface area contributed by atoms with Crippen LogP contribution in [0, 0.1) is 0 Å². The number of anilines is 1. The van der Waals surface area contributed by atoms with Crippen molar-refractivity contribution in [1.29, 1.82) is 0 Å². The molecule has 0 radical (unpaired) electrons. The Hall–Kier alpha value is -1.03. The van der Waals surface area contributed by atoms with E-state index >= 15 is 0 Å². The number of carbonyl (C=O) groups is 1.